The number of benzene rings is 1. The van der Waals surface area contributed by atoms with Crippen LogP contribution in [0.4, 0.5) is 4.39 Å². The Morgan fingerprint density at radius 1 is 1.52 bits per heavy atom. The van der Waals surface area contributed by atoms with Gasteiger partial charge in [-0.1, -0.05) is 6.07 Å². The molecule has 0 radical (unpaired) electrons. The maximum atomic E-state index is 13.5. The van der Waals surface area contributed by atoms with Crippen molar-refractivity contribution in [3.05, 3.63) is 35.1 Å². The van der Waals surface area contributed by atoms with Gasteiger partial charge in [0.25, 0.3) is 0 Å². The summed E-state index contributed by atoms with van der Waals surface area (Å²) in [6.45, 7) is 2.39. The van der Waals surface area contributed by atoms with Crippen molar-refractivity contribution in [3.63, 3.8) is 0 Å². The van der Waals surface area contributed by atoms with Crippen LogP contribution in [0.1, 0.15) is 24.0 Å². The van der Waals surface area contributed by atoms with Gasteiger partial charge in [0, 0.05) is 25.8 Å². The molecule has 6 heteroatoms. The number of hydrogen-bond donors (Lipinski definition) is 2. The number of ether oxygens (including phenoxy) is 1. The number of carbonyl (C=O) groups is 1. The summed E-state index contributed by atoms with van der Waals surface area (Å²) in [5, 5.41) is 6.14. The Morgan fingerprint density at radius 3 is 3.00 bits per heavy atom. The van der Waals surface area contributed by atoms with Crippen molar-refractivity contribution in [2.45, 2.75) is 26.0 Å². The second kappa shape index (κ2) is 8.97. The molecule has 1 unspecified atom stereocenters. The number of carbonyl (C=O) groups excluding carboxylic acids is 1. The zero-order valence-corrected chi connectivity index (χ0v) is 13.0. The van der Waals surface area contributed by atoms with Gasteiger partial charge in [0.1, 0.15) is 5.82 Å². The van der Waals surface area contributed by atoms with E-state index in [0.29, 0.717) is 12.1 Å². The van der Waals surface area contributed by atoms with Crippen LogP contribution in [0.5, 0.6) is 0 Å². The third kappa shape index (κ3) is 5.26. The molecule has 1 atom stereocenters. The highest BCUT2D eigenvalue weighted by Crippen LogP contribution is 2.13. The van der Waals surface area contributed by atoms with Gasteiger partial charge in [-0.25, -0.2) is 4.39 Å². The first kappa shape index (κ1) is 17.9. The van der Waals surface area contributed by atoms with Crippen LogP contribution in [-0.4, -0.2) is 26.1 Å². The smallest absolute Gasteiger partial charge is 0.224 e. The van der Waals surface area contributed by atoms with E-state index >= 15 is 0 Å². The number of methoxy groups -OCH3 is 1. The van der Waals surface area contributed by atoms with Gasteiger partial charge < -0.3 is 15.4 Å². The molecule has 1 aliphatic heterocycles. The fraction of sp³-hybridized carbons (Fsp3) is 0.533. The lowest BCUT2D eigenvalue weighted by Crippen LogP contribution is -2.40. The fourth-order valence-corrected chi connectivity index (χ4v) is 2.41. The van der Waals surface area contributed by atoms with Crippen molar-refractivity contribution in [1.29, 1.82) is 0 Å². The second-order valence-corrected chi connectivity index (χ2v) is 5.12. The molecule has 4 nitrogen and oxygen atoms in total. The molecule has 0 spiro atoms. The van der Waals surface area contributed by atoms with E-state index in [9.17, 15) is 9.18 Å². The highest BCUT2D eigenvalue weighted by Gasteiger charge is 2.20. The minimum Gasteiger partial charge on any atom is -0.380 e. The van der Waals surface area contributed by atoms with Gasteiger partial charge in [0.2, 0.25) is 5.91 Å². The standard InChI is InChI=1S/C15H21FN2O2.ClH/c1-20-10-13-7-11(4-5-14(13)16)8-18-15(19)12-3-2-6-17-9-12;/h4-5,7,12,17H,2-3,6,8-10H2,1H3,(H,18,19);1H. The molecule has 1 aliphatic rings. The molecule has 2 N–H and O–H groups in total. The Labute approximate surface area is 130 Å². The summed E-state index contributed by atoms with van der Waals surface area (Å²) in [6, 6.07) is 4.84. The quantitative estimate of drug-likeness (QED) is 0.873. The summed E-state index contributed by atoms with van der Waals surface area (Å²) in [6.07, 6.45) is 1.96. The lowest BCUT2D eigenvalue weighted by molar-refractivity contribution is -0.125. The van der Waals surface area contributed by atoms with E-state index in [0.717, 1.165) is 31.5 Å². The topological polar surface area (TPSA) is 50.4 Å². The molecular weight excluding hydrogens is 295 g/mol. The van der Waals surface area contributed by atoms with Gasteiger partial charge in [0.15, 0.2) is 0 Å². The largest absolute Gasteiger partial charge is 0.380 e. The molecule has 1 amide bonds. The third-order valence-electron chi connectivity index (χ3n) is 3.54. The highest BCUT2D eigenvalue weighted by molar-refractivity contribution is 5.85. The van der Waals surface area contributed by atoms with E-state index in [2.05, 4.69) is 10.6 Å². The minimum atomic E-state index is -0.279. The van der Waals surface area contributed by atoms with E-state index in [1.807, 2.05) is 0 Å². The molecule has 0 saturated carbocycles. The van der Waals surface area contributed by atoms with E-state index < -0.39 is 0 Å². The Hall–Kier alpha value is -1.17. The second-order valence-electron chi connectivity index (χ2n) is 5.12. The van der Waals surface area contributed by atoms with Gasteiger partial charge in [0.05, 0.1) is 12.5 Å². The molecule has 0 aromatic heterocycles. The van der Waals surface area contributed by atoms with E-state index in [1.54, 1.807) is 12.1 Å². The summed E-state index contributed by atoms with van der Waals surface area (Å²) >= 11 is 0. The van der Waals surface area contributed by atoms with Crippen LogP contribution < -0.4 is 10.6 Å². The Bertz CT molecular complexity index is 465. The summed E-state index contributed by atoms with van der Waals surface area (Å²) in [5.74, 6) is -0.170. The number of halogens is 2. The third-order valence-corrected chi connectivity index (χ3v) is 3.54. The van der Waals surface area contributed by atoms with Crippen LogP contribution in [-0.2, 0) is 22.7 Å². The summed E-state index contributed by atoms with van der Waals surface area (Å²) in [7, 11) is 1.53. The Kier molecular flexibility index (Phi) is 7.64. The van der Waals surface area contributed by atoms with Crippen molar-refractivity contribution < 1.29 is 13.9 Å². The first-order chi connectivity index (χ1) is 9.70. The molecular formula is C15H22ClFN2O2. The average Bonchev–Trinajstić information content (AvgIpc) is 2.49. The number of hydrogen-bond acceptors (Lipinski definition) is 3. The molecule has 1 fully saturated rings. The number of nitrogens with one attached hydrogen (secondary N) is 2. The van der Waals surface area contributed by atoms with Crippen molar-refractivity contribution >= 4 is 18.3 Å². The number of piperidine rings is 1. The summed E-state index contributed by atoms with van der Waals surface area (Å²) in [5.41, 5.74) is 1.40. The average molecular weight is 317 g/mol. The van der Waals surface area contributed by atoms with Crippen molar-refractivity contribution in [1.82, 2.24) is 10.6 Å². The molecule has 21 heavy (non-hydrogen) atoms. The molecule has 1 saturated heterocycles. The van der Waals surface area contributed by atoms with Crippen LogP contribution >= 0.6 is 12.4 Å². The summed E-state index contributed by atoms with van der Waals surface area (Å²) in [4.78, 5) is 12.0. The van der Waals surface area contributed by atoms with Gasteiger partial charge >= 0.3 is 0 Å². The SMILES string of the molecule is COCc1cc(CNC(=O)C2CCCNC2)ccc1F.Cl. The summed E-state index contributed by atoms with van der Waals surface area (Å²) < 4.78 is 18.4. The van der Waals surface area contributed by atoms with Gasteiger partial charge in [-0.3, -0.25) is 4.79 Å². The minimum absolute atomic E-state index is 0. The van der Waals surface area contributed by atoms with E-state index in [-0.39, 0.29) is 36.7 Å². The van der Waals surface area contributed by atoms with Gasteiger partial charge in [-0.2, -0.15) is 0 Å². The van der Waals surface area contributed by atoms with Gasteiger partial charge in [-0.15, -0.1) is 12.4 Å². The first-order valence-electron chi connectivity index (χ1n) is 6.95. The van der Waals surface area contributed by atoms with Crippen molar-refractivity contribution in [3.8, 4) is 0 Å². The Balaban J connectivity index is 0.00000220. The highest BCUT2D eigenvalue weighted by atomic mass is 35.5. The first-order valence-corrected chi connectivity index (χ1v) is 6.95. The monoisotopic (exact) mass is 316 g/mol. The molecule has 1 heterocycles. The van der Waals surface area contributed by atoms with E-state index in [1.165, 1.54) is 13.2 Å². The maximum absolute atomic E-state index is 13.5. The molecule has 2 rings (SSSR count). The number of amides is 1. The number of rotatable bonds is 5. The maximum Gasteiger partial charge on any atom is 0.224 e. The fourth-order valence-electron chi connectivity index (χ4n) is 2.41. The predicted molar refractivity (Wildman–Crippen MR) is 81.8 cm³/mol. The zero-order chi connectivity index (χ0) is 14.4. The van der Waals surface area contributed by atoms with Crippen LogP contribution in [0.2, 0.25) is 0 Å². The normalized spacial score (nSPS) is 17.9. The lowest BCUT2D eigenvalue weighted by Gasteiger charge is -2.22. The predicted octanol–water partition coefficient (Wildman–Crippen LogP) is 2.01. The molecule has 1 aromatic rings. The van der Waals surface area contributed by atoms with Gasteiger partial charge in [-0.05, 0) is 37.1 Å². The van der Waals surface area contributed by atoms with Crippen molar-refractivity contribution in [2.24, 2.45) is 5.92 Å². The van der Waals surface area contributed by atoms with Crippen molar-refractivity contribution in [2.75, 3.05) is 20.2 Å². The van der Waals surface area contributed by atoms with E-state index in [4.69, 9.17) is 4.74 Å². The molecule has 0 bridgehead atoms. The molecule has 0 aliphatic carbocycles. The van der Waals surface area contributed by atoms with Crippen LogP contribution in [0.15, 0.2) is 18.2 Å². The lowest BCUT2D eigenvalue weighted by atomic mass is 9.99. The van der Waals surface area contributed by atoms with Crippen LogP contribution in [0.25, 0.3) is 0 Å². The Morgan fingerprint density at radius 2 is 2.33 bits per heavy atom. The molecule has 1 aromatic carbocycles. The van der Waals surface area contributed by atoms with Crippen LogP contribution in [0.3, 0.4) is 0 Å². The van der Waals surface area contributed by atoms with Crippen LogP contribution in [0, 0.1) is 11.7 Å². The zero-order valence-electron chi connectivity index (χ0n) is 12.2. The molecule has 118 valence electrons.